The molecule has 3 heterocycles. The van der Waals surface area contributed by atoms with Crippen molar-refractivity contribution in [2.45, 2.75) is 58.7 Å². The second kappa shape index (κ2) is 6.67. The van der Waals surface area contributed by atoms with E-state index in [4.69, 9.17) is 4.74 Å². The summed E-state index contributed by atoms with van der Waals surface area (Å²) in [6.45, 7) is 7.25. The highest BCUT2D eigenvalue weighted by Crippen LogP contribution is 2.31. The van der Waals surface area contributed by atoms with Gasteiger partial charge in [-0.15, -0.1) is 0 Å². The summed E-state index contributed by atoms with van der Waals surface area (Å²) in [7, 11) is 0. The number of ketones is 1. The summed E-state index contributed by atoms with van der Waals surface area (Å²) < 4.78 is 9.31. The molecule has 2 aromatic heterocycles. The van der Waals surface area contributed by atoms with Crippen LogP contribution in [-0.2, 0) is 22.6 Å². The highest BCUT2D eigenvalue weighted by atomic mass is 16.5. The van der Waals surface area contributed by atoms with Crippen LogP contribution in [0.4, 0.5) is 0 Å². The third-order valence-corrected chi connectivity index (χ3v) is 4.52. The topological polar surface area (TPSA) is 53.2 Å². The van der Waals surface area contributed by atoms with Gasteiger partial charge in [-0.05, 0) is 57.9 Å². The first-order chi connectivity index (χ1) is 11.5. The van der Waals surface area contributed by atoms with Gasteiger partial charge < -0.3 is 13.9 Å². The summed E-state index contributed by atoms with van der Waals surface area (Å²) in [5.41, 5.74) is 2.23. The Hall–Kier alpha value is -2.30. The number of hydrogen-bond donors (Lipinski definition) is 0. The Bertz CT molecular complexity index is 755. The standard InChI is InChI=1S/C19H24N2O3/c1-4-20-11-6-8-16(20)18(22)17-10-9-15-14(7-5-12-21(15)17)19(23)24-13(2)3/h6,8-11,13-14H,4-5,7,12H2,1-3H3. The fourth-order valence-electron chi connectivity index (χ4n) is 3.42. The number of aromatic nitrogens is 2. The van der Waals surface area contributed by atoms with Gasteiger partial charge in [0, 0.05) is 25.0 Å². The van der Waals surface area contributed by atoms with E-state index >= 15 is 0 Å². The summed E-state index contributed by atoms with van der Waals surface area (Å²) in [5, 5.41) is 0. The van der Waals surface area contributed by atoms with Crippen LogP contribution in [0.3, 0.4) is 0 Å². The molecule has 24 heavy (non-hydrogen) atoms. The number of fused-ring (bicyclic) bond motifs is 1. The van der Waals surface area contributed by atoms with Crippen molar-refractivity contribution in [1.82, 2.24) is 9.13 Å². The van der Waals surface area contributed by atoms with Crippen molar-refractivity contribution in [2.24, 2.45) is 0 Å². The average Bonchev–Trinajstić information content (AvgIpc) is 3.19. The van der Waals surface area contributed by atoms with E-state index in [0.29, 0.717) is 11.4 Å². The van der Waals surface area contributed by atoms with Gasteiger partial charge in [-0.2, -0.15) is 0 Å². The van der Waals surface area contributed by atoms with E-state index in [0.717, 1.165) is 31.6 Å². The molecule has 5 nitrogen and oxygen atoms in total. The Labute approximate surface area is 142 Å². The van der Waals surface area contributed by atoms with Gasteiger partial charge in [0.15, 0.2) is 0 Å². The number of nitrogens with zero attached hydrogens (tertiary/aromatic N) is 2. The first-order valence-electron chi connectivity index (χ1n) is 8.62. The summed E-state index contributed by atoms with van der Waals surface area (Å²) in [4.78, 5) is 25.3. The smallest absolute Gasteiger partial charge is 0.315 e. The molecule has 0 N–H and O–H groups in total. The molecule has 0 aliphatic carbocycles. The summed E-state index contributed by atoms with van der Waals surface area (Å²) in [6.07, 6.45) is 3.43. The largest absolute Gasteiger partial charge is 0.462 e. The number of esters is 1. The zero-order valence-corrected chi connectivity index (χ0v) is 14.5. The van der Waals surface area contributed by atoms with E-state index < -0.39 is 0 Å². The Morgan fingerprint density at radius 2 is 2.04 bits per heavy atom. The maximum Gasteiger partial charge on any atom is 0.315 e. The fourth-order valence-corrected chi connectivity index (χ4v) is 3.42. The van der Waals surface area contributed by atoms with Gasteiger partial charge in [0.1, 0.15) is 0 Å². The molecular weight excluding hydrogens is 304 g/mol. The predicted molar refractivity (Wildman–Crippen MR) is 91.2 cm³/mol. The van der Waals surface area contributed by atoms with Crippen LogP contribution < -0.4 is 0 Å². The van der Waals surface area contributed by atoms with Crippen LogP contribution in [0, 0.1) is 0 Å². The SMILES string of the molecule is CCn1cccc1C(=O)c1ccc2n1CCCC2C(=O)OC(C)C. The van der Waals surface area contributed by atoms with E-state index in [1.807, 2.05) is 60.4 Å². The Morgan fingerprint density at radius 3 is 2.75 bits per heavy atom. The molecule has 1 aliphatic rings. The van der Waals surface area contributed by atoms with Gasteiger partial charge >= 0.3 is 5.97 Å². The molecule has 0 saturated heterocycles. The molecule has 0 aromatic carbocycles. The maximum absolute atomic E-state index is 12.9. The molecule has 0 amide bonds. The first kappa shape index (κ1) is 16.6. The van der Waals surface area contributed by atoms with Gasteiger partial charge in [0.25, 0.3) is 0 Å². The van der Waals surface area contributed by atoms with Gasteiger partial charge in [-0.25, -0.2) is 0 Å². The van der Waals surface area contributed by atoms with E-state index in [1.165, 1.54) is 0 Å². The highest BCUT2D eigenvalue weighted by Gasteiger charge is 2.31. The third-order valence-electron chi connectivity index (χ3n) is 4.52. The molecule has 0 spiro atoms. The van der Waals surface area contributed by atoms with Crippen LogP contribution in [0.5, 0.6) is 0 Å². The van der Waals surface area contributed by atoms with Crippen LogP contribution in [0.15, 0.2) is 30.5 Å². The normalized spacial score (nSPS) is 16.9. The van der Waals surface area contributed by atoms with E-state index in [9.17, 15) is 9.59 Å². The average molecular weight is 328 g/mol. The van der Waals surface area contributed by atoms with Crippen LogP contribution in [0.1, 0.15) is 61.4 Å². The van der Waals surface area contributed by atoms with Crippen LogP contribution in [-0.4, -0.2) is 27.0 Å². The molecule has 128 valence electrons. The quantitative estimate of drug-likeness (QED) is 0.624. The molecule has 0 fully saturated rings. The van der Waals surface area contributed by atoms with Crippen molar-refractivity contribution >= 4 is 11.8 Å². The first-order valence-corrected chi connectivity index (χ1v) is 8.62. The minimum atomic E-state index is -0.277. The van der Waals surface area contributed by atoms with Crippen molar-refractivity contribution in [3.8, 4) is 0 Å². The van der Waals surface area contributed by atoms with Crippen LogP contribution in [0.2, 0.25) is 0 Å². The summed E-state index contributed by atoms with van der Waals surface area (Å²) in [5.74, 6) is -0.466. The summed E-state index contributed by atoms with van der Waals surface area (Å²) in [6, 6.07) is 7.47. The minimum absolute atomic E-state index is 0.00553. The molecule has 0 saturated carbocycles. The minimum Gasteiger partial charge on any atom is -0.462 e. The summed E-state index contributed by atoms with van der Waals surface area (Å²) >= 11 is 0. The van der Waals surface area contributed by atoms with Crippen LogP contribution >= 0.6 is 0 Å². The molecule has 1 unspecified atom stereocenters. The Morgan fingerprint density at radius 1 is 1.25 bits per heavy atom. The second-order valence-corrected chi connectivity index (χ2v) is 6.48. The molecule has 0 bridgehead atoms. The van der Waals surface area contributed by atoms with E-state index in [2.05, 4.69) is 0 Å². The van der Waals surface area contributed by atoms with Gasteiger partial charge in [0.2, 0.25) is 5.78 Å². The molecule has 1 atom stereocenters. The van der Waals surface area contributed by atoms with Crippen molar-refractivity contribution in [2.75, 3.05) is 0 Å². The monoisotopic (exact) mass is 328 g/mol. The number of carbonyl (C=O) groups is 2. The number of hydrogen-bond acceptors (Lipinski definition) is 3. The maximum atomic E-state index is 12.9. The molecule has 2 aromatic rings. The van der Waals surface area contributed by atoms with E-state index in [-0.39, 0.29) is 23.8 Å². The Kier molecular flexibility index (Phi) is 4.60. The van der Waals surface area contributed by atoms with E-state index in [1.54, 1.807) is 0 Å². The molecule has 3 rings (SSSR count). The van der Waals surface area contributed by atoms with Gasteiger partial charge in [-0.3, -0.25) is 9.59 Å². The number of ether oxygens (including phenoxy) is 1. The van der Waals surface area contributed by atoms with Crippen LogP contribution in [0.25, 0.3) is 0 Å². The lowest BCUT2D eigenvalue weighted by Gasteiger charge is -2.25. The van der Waals surface area contributed by atoms with Crippen molar-refractivity contribution < 1.29 is 14.3 Å². The molecular formula is C19H24N2O3. The number of carbonyl (C=O) groups excluding carboxylic acids is 2. The lowest BCUT2D eigenvalue weighted by Crippen LogP contribution is -2.27. The molecule has 0 radical (unpaired) electrons. The van der Waals surface area contributed by atoms with Crippen molar-refractivity contribution in [1.29, 1.82) is 0 Å². The van der Waals surface area contributed by atoms with Crippen molar-refractivity contribution in [3.05, 3.63) is 47.5 Å². The second-order valence-electron chi connectivity index (χ2n) is 6.48. The zero-order valence-electron chi connectivity index (χ0n) is 14.5. The number of rotatable bonds is 5. The van der Waals surface area contributed by atoms with Gasteiger partial charge in [-0.1, -0.05) is 0 Å². The zero-order chi connectivity index (χ0) is 17.3. The third kappa shape index (κ3) is 2.90. The predicted octanol–water partition coefficient (Wildman–Crippen LogP) is 3.37. The number of aryl methyl sites for hydroxylation is 1. The van der Waals surface area contributed by atoms with Gasteiger partial charge in [0.05, 0.1) is 23.4 Å². The van der Waals surface area contributed by atoms with Crippen molar-refractivity contribution in [3.63, 3.8) is 0 Å². The fraction of sp³-hybridized carbons (Fsp3) is 0.474. The molecule has 5 heteroatoms. The highest BCUT2D eigenvalue weighted by molar-refractivity contribution is 6.07. The Balaban J connectivity index is 1.92. The lowest BCUT2D eigenvalue weighted by atomic mass is 9.96. The lowest BCUT2D eigenvalue weighted by molar-refractivity contribution is -0.149. The molecule has 1 aliphatic heterocycles.